The van der Waals surface area contributed by atoms with Gasteiger partial charge in [-0.3, -0.25) is 23.7 Å². The number of hydrogen-bond acceptors (Lipinski definition) is 8. The number of nitrogens with one attached hydrogen (secondary N) is 4. The van der Waals surface area contributed by atoms with Gasteiger partial charge in [0.15, 0.2) is 0 Å². The zero-order valence-corrected chi connectivity index (χ0v) is 29.4. The summed E-state index contributed by atoms with van der Waals surface area (Å²) in [5, 5.41) is 32.3. The number of phenolic OH excluding ortho intramolecular Hbond substituents is 1. The number of aromatic hydroxyl groups is 1. The van der Waals surface area contributed by atoms with Gasteiger partial charge in [0.1, 0.15) is 11.8 Å². The van der Waals surface area contributed by atoms with Crippen molar-refractivity contribution in [1.82, 2.24) is 21.3 Å². The largest absolute Gasteiger partial charge is 0.508 e. The Morgan fingerprint density at radius 2 is 1.57 bits per heavy atom. The highest BCUT2D eigenvalue weighted by Gasteiger charge is 2.30. The molecule has 0 radical (unpaired) electrons. The lowest BCUT2D eigenvalue weighted by molar-refractivity contribution is -0.150. The van der Waals surface area contributed by atoms with E-state index in [0.29, 0.717) is 30.4 Å². The second-order valence-electron chi connectivity index (χ2n) is 12.5. The van der Waals surface area contributed by atoms with Crippen molar-refractivity contribution < 1.29 is 48.5 Å². The lowest BCUT2D eigenvalue weighted by Crippen LogP contribution is -2.57. The van der Waals surface area contributed by atoms with Gasteiger partial charge in [-0.05, 0) is 53.1 Å². The van der Waals surface area contributed by atoms with E-state index in [-0.39, 0.29) is 31.2 Å². The molecule has 10 N–H and O–H groups in total. The van der Waals surface area contributed by atoms with Gasteiger partial charge in [-0.15, -0.1) is 0 Å². The maximum atomic E-state index is 13.6. The topological polar surface area (TPSA) is 257 Å². The number of amides is 4. The molecule has 0 bridgehead atoms. The monoisotopic (exact) mass is 727 g/mol. The summed E-state index contributed by atoms with van der Waals surface area (Å²) in [6.45, 7) is 3.74. The summed E-state index contributed by atoms with van der Waals surface area (Å²) in [6, 6.07) is 14.2. The lowest BCUT2D eigenvalue weighted by atomic mass is 9.96. The van der Waals surface area contributed by atoms with Crippen molar-refractivity contribution in [2.45, 2.75) is 70.2 Å². The number of aliphatic carboxylic acids is 1. The number of carboxylic acids is 1. The van der Waals surface area contributed by atoms with Gasteiger partial charge < -0.3 is 47.0 Å². The molecule has 0 aromatic heterocycles. The summed E-state index contributed by atoms with van der Waals surface area (Å²) < 4.78 is 11.3. The smallest absolute Gasteiger partial charge is 0.394 e. The lowest BCUT2D eigenvalue weighted by Gasteiger charge is -2.28. The van der Waals surface area contributed by atoms with E-state index >= 15 is 0 Å². The number of aryl methyl sites for hydroxylation is 1. The summed E-state index contributed by atoms with van der Waals surface area (Å²) in [4.78, 5) is 80.5. The van der Waals surface area contributed by atoms with Crippen LogP contribution in [-0.4, -0.2) is 80.8 Å². The number of fused-ring (bicyclic) bond motifs is 1. The molecule has 0 spiro atoms. The van der Waals surface area contributed by atoms with Crippen molar-refractivity contribution in [1.29, 1.82) is 0 Å². The predicted molar refractivity (Wildman–Crippen MR) is 189 cm³/mol. The maximum Gasteiger partial charge on any atom is 0.394 e. The van der Waals surface area contributed by atoms with E-state index in [1.165, 1.54) is 12.1 Å². The van der Waals surface area contributed by atoms with Crippen LogP contribution < -0.4 is 27.0 Å². The number of hydrogen-bond donors (Lipinski definition) is 9. The Bertz CT molecular complexity index is 1750. The van der Waals surface area contributed by atoms with Crippen molar-refractivity contribution in [3.8, 4) is 5.75 Å². The summed E-state index contributed by atoms with van der Waals surface area (Å²) in [6.07, 6.45) is 0.621. The molecule has 0 saturated heterocycles. The number of nitrogens with two attached hydrogens (primary N) is 1. The van der Waals surface area contributed by atoms with Crippen LogP contribution in [0.2, 0.25) is 0 Å². The van der Waals surface area contributed by atoms with Crippen LogP contribution in [0.25, 0.3) is 10.8 Å². The van der Waals surface area contributed by atoms with E-state index in [9.17, 15) is 48.5 Å². The van der Waals surface area contributed by atoms with Gasteiger partial charge in [0, 0.05) is 24.7 Å². The van der Waals surface area contributed by atoms with Crippen LogP contribution in [0.3, 0.4) is 0 Å². The second-order valence-corrected chi connectivity index (χ2v) is 14.1. The number of carbonyl (C=O) groups is 5. The molecule has 0 saturated carbocycles. The number of carbonyl (C=O) groups excluding carboxylic acids is 4. The zero-order valence-electron chi connectivity index (χ0n) is 28.5. The first-order valence-electron chi connectivity index (χ1n) is 16.5. The van der Waals surface area contributed by atoms with E-state index in [0.717, 1.165) is 16.3 Å². The fourth-order valence-corrected chi connectivity index (χ4v) is 6.33. The van der Waals surface area contributed by atoms with Gasteiger partial charge in [-0.2, -0.15) is 0 Å². The van der Waals surface area contributed by atoms with Crippen molar-refractivity contribution >= 4 is 48.0 Å². The third-order valence-corrected chi connectivity index (χ3v) is 9.24. The van der Waals surface area contributed by atoms with Crippen molar-refractivity contribution in [3.05, 3.63) is 77.4 Å². The van der Waals surface area contributed by atoms with Crippen LogP contribution in [0.4, 0.5) is 0 Å². The quantitative estimate of drug-likeness (QED) is 0.0485. The number of primary amides is 1. The minimum absolute atomic E-state index is 0.0701. The number of phenols is 1. The molecule has 3 aromatic carbocycles. The van der Waals surface area contributed by atoms with E-state index in [2.05, 4.69) is 21.3 Å². The normalized spacial score (nSPS) is 13.8. The molecular formula is C35H46N5O10P. The van der Waals surface area contributed by atoms with Gasteiger partial charge in [-0.1, -0.05) is 74.9 Å². The van der Waals surface area contributed by atoms with Crippen LogP contribution in [-0.2, 0) is 47.5 Å². The highest BCUT2D eigenvalue weighted by Crippen LogP contribution is 2.39. The third-order valence-electron chi connectivity index (χ3n) is 8.46. The maximum absolute atomic E-state index is 13.6. The Morgan fingerprint density at radius 1 is 0.902 bits per heavy atom. The molecule has 51 heavy (non-hydrogen) atoms. The van der Waals surface area contributed by atoms with Gasteiger partial charge in [0.25, 0.3) is 0 Å². The standard InChI is InChI=1S/C35H46N5O10P/c1-3-21(2)31(38-19-25(39-34(45)35(46)47)17-22-10-12-23(13-11-22)20-51(48,49)50)33(44)40-28(18-30(36)42)32(43)37-16-6-9-27-26-8-5-4-7-24(26)14-15-29(27)41/h4-5,7-8,10-15,21,25,28,31,38,41H,3,6,9,16-20H2,1-2H3,(H2,36,42)(H,37,43)(H,39,45)(H,40,44)(H,46,47)(H2,48,49,50)/t21-,25+,28+,31+/m1/s1. The molecule has 4 amide bonds. The predicted octanol–water partition coefficient (Wildman–Crippen LogP) is 1.45. The molecule has 4 atom stereocenters. The Morgan fingerprint density at radius 3 is 2.20 bits per heavy atom. The van der Waals surface area contributed by atoms with Crippen molar-refractivity contribution in [2.75, 3.05) is 13.1 Å². The third kappa shape index (κ3) is 13.1. The first-order chi connectivity index (χ1) is 24.1. The minimum Gasteiger partial charge on any atom is -0.508 e. The Labute approximate surface area is 295 Å². The Hall–Kier alpha value is -4.82. The molecule has 0 heterocycles. The van der Waals surface area contributed by atoms with Gasteiger partial charge in [-0.25, -0.2) is 4.79 Å². The van der Waals surface area contributed by atoms with Gasteiger partial charge >= 0.3 is 19.5 Å². The molecule has 16 heteroatoms. The summed E-state index contributed by atoms with van der Waals surface area (Å²) in [7, 11) is -4.29. The molecule has 276 valence electrons. The van der Waals surface area contributed by atoms with Crippen LogP contribution in [0, 0.1) is 5.92 Å². The van der Waals surface area contributed by atoms with Crippen LogP contribution in [0.15, 0.2) is 60.7 Å². The number of benzene rings is 3. The first-order valence-corrected chi connectivity index (χ1v) is 18.3. The average molecular weight is 728 g/mol. The summed E-state index contributed by atoms with van der Waals surface area (Å²) >= 11 is 0. The Balaban J connectivity index is 1.67. The minimum atomic E-state index is -4.29. The molecular weight excluding hydrogens is 681 g/mol. The average Bonchev–Trinajstić information content (AvgIpc) is 3.06. The van der Waals surface area contributed by atoms with E-state index in [4.69, 9.17) is 5.73 Å². The molecule has 0 aliphatic rings. The van der Waals surface area contributed by atoms with Gasteiger partial charge in [0.2, 0.25) is 17.7 Å². The number of rotatable bonds is 19. The first kappa shape index (κ1) is 40.6. The fraction of sp³-hybridized carbons (Fsp3) is 0.400. The highest BCUT2D eigenvalue weighted by atomic mass is 31.2. The second kappa shape index (κ2) is 19.0. The highest BCUT2D eigenvalue weighted by molar-refractivity contribution is 7.50. The molecule has 0 unspecified atom stereocenters. The molecule has 3 rings (SSSR count). The van der Waals surface area contributed by atoms with E-state index in [1.54, 1.807) is 25.1 Å². The van der Waals surface area contributed by atoms with E-state index in [1.807, 2.05) is 37.3 Å². The Kier molecular flexibility index (Phi) is 15.1. The van der Waals surface area contributed by atoms with Crippen LogP contribution in [0.5, 0.6) is 5.75 Å². The zero-order chi connectivity index (χ0) is 37.7. The van der Waals surface area contributed by atoms with Crippen LogP contribution >= 0.6 is 7.60 Å². The van der Waals surface area contributed by atoms with E-state index < -0.39 is 67.9 Å². The SMILES string of the molecule is CC[C@@H](C)[C@H](NC[C@H](Cc1ccc(CP(=O)(O)O)cc1)NC(=O)C(=O)O)C(=O)N[C@@H](CC(N)=O)C(=O)NCCCc1c(O)ccc2ccccc12. The number of carboxylic acid groups (broad SMARTS) is 1. The van der Waals surface area contributed by atoms with Gasteiger partial charge in [0.05, 0.1) is 18.6 Å². The molecule has 0 fully saturated rings. The molecule has 0 aliphatic carbocycles. The summed E-state index contributed by atoms with van der Waals surface area (Å²) in [5.74, 6) is -5.19. The van der Waals surface area contributed by atoms with Crippen molar-refractivity contribution in [3.63, 3.8) is 0 Å². The van der Waals surface area contributed by atoms with Crippen LogP contribution in [0.1, 0.15) is 49.8 Å². The molecule has 3 aromatic rings. The molecule has 15 nitrogen and oxygen atoms in total. The summed E-state index contributed by atoms with van der Waals surface area (Å²) in [5.41, 5.74) is 7.17. The molecule has 0 aliphatic heterocycles. The van der Waals surface area contributed by atoms with Crippen molar-refractivity contribution in [2.24, 2.45) is 11.7 Å². The fourth-order valence-electron chi connectivity index (χ4n) is 5.64.